The van der Waals surface area contributed by atoms with Crippen LogP contribution in [-0.2, 0) is 9.53 Å². The average Bonchev–Trinajstić information content (AvgIpc) is 2.84. The van der Waals surface area contributed by atoms with Gasteiger partial charge in [-0.3, -0.25) is 4.79 Å². The molecule has 0 aromatic carbocycles. The van der Waals surface area contributed by atoms with E-state index in [1.54, 1.807) is 11.4 Å². The van der Waals surface area contributed by atoms with E-state index in [0.717, 1.165) is 6.08 Å². The molecule has 1 aromatic rings. The number of alkyl halides is 2. The van der Waals surface area contributed by atoms with E-state index in [4.69, 9.17) is 5.11 Å². The van der Waals surface area contributed by atoms with Crippen LogP contribution in [0.25, 0.3) is 6.08 Å². The number of carboxylic acid groups (broad SMARTS) is 1. The van der Waals surface area contributed by atoms with Crippen molar-refractivity contribution < 1.29 is 28.2 Å². The first-order valence-electron chi connectivity index (χ1n) is 5.62. The molecule has 0 aliphatic carbocycles. The first-order valence-corrected chi connectivity index (χ1v) is 6.50. The number of ether oxygens (including phenoxy) is 1. The van der Waals surface area contributed by atoms with Crippen molar-refractivity contribution in [2.45, 2.75) is 6.43 Å². The maximum atomic E-state index is 11.8. The van der Waals surface area contributed by atoms with Crippen LogP contribution in [-0.4, -0.2) is 43.2 Å². The van der Waals surface area contributed by atoms with Crippen molar-refractivity contribution >= 4 is 29.3 Å². The molecule has 0 atom stereocenters. The van der Waals surface area contributed by atoms with E-state index in [0.29, 0.717) is 10.4 Å². The van der Waals surface area contributed by atoms with Crippen LogP contribution in [0.15, 0.2) is 17.5 Å². The Morgan fingerprint density at radius 2 is 2.25 bits per heavy atom. The van der Waals surface area contributed by atoms with Gasteiger partial charge in [0.1, 0.15) is 6.61 Å². The smallest absolute Gasteiger partial charge is 0.328 e. The first kappa shape index (κ1) is 16.3. The minimum atomic E-state index is -2.52. The lowest BCUT2D eigenvalue weighted by Gasteiger charge is -2.04. The van der Waals surface area contributed by atoms with E-state index in [2.05, 4.69) is 10.1 Å². The fourth-order valence-electron chi connectivity index (χ4n) is 1.22. The van der Waals surface area contributed by atoms with Gasteiger partial charge in [0, 0.05) is 22.9 Å². The van der Waals surface area contributed by atoms with Crippen molar-refractivity contribution in [1.29, 1.82) is 0 Å². The molecule has 2 N–H and O–H groups in total. The van der Waals surface area contributed by atoms with Gasteiger partial charge >= 0.3 is 5.97 Å². The highest BCUT2D eigenvalue weighted by Gasteiger charge is 2.07. The molecule has 0 fully saturated rings. The summed E-state index contributed by atoms with van der Waals surface area (Å²) >= 11 is 1.23. The third-order valence-corrected chi connectivity index (χ3v) is 2.95. The van der Waals surface area contributed by atoms with Crippen molar-refractivity contribution in [2.75, 3.05) is 19.8 Å². The summed E-state index contributed by atoms with van der Waals surface area (Å²) in [6.45, 7) is -0.522. The number of carbonyl (C=O) groups excluding carboxylic acids is 1. The number of aliphatic carboxylic acids is 1. The van der Waals surface area contributed by atoms with Gasteiger partial charge in [0.05, 0.1) is 12.2 Å². The Labute approximate surface area is 117 Å². The van der Waals surface area contributed by atoms with Crippen LogP contribution in [0.2, 0.25) is 0 Å². The topological polar surface area (TPSA) is 75.6 Å². The van der Waals surface area contributed by atoms with Crippen molar-refractivity contribution in [3.63, 3.8) is 0 Å². The predicted octanol–water partition coefficient (Wildman–Crippen LogP) is 1.86. The molecule has 0 unspecified atom stereocenters. The fraction of sp³-hybridized carbons (Fsp3) is 0.333. The van der Waals surface area contributed by atoms with Gasteiger partial charge in [0.25, 0.3) is 12.3 Å². The number of rotatable bonds is 8. The largest absolute Gasteiger partial charge is 0.478 e. The Morgan fingerprint density at radius 1 is 1.50 bits per heavy atom. The Bertz CT molecular complexity index is 488. The highest BCUT2D eigenvalue weighted by molar-refractivity contribution is 7.11. The molecular weight excluding hydrogens is 292 g/mol. The van der Waals surface area contributed by atoms with E-state index in [9.17, 15) is 18.4 Å². The van der Waals surface area contributed by atoms with Crippen LogP contribution in [0, 0.1) is 0 Å². The Balaban J connectivity index is 2.35. The molecule has 1 rings (SSSR count). The van der Waals surface area contributed by atoms with E-state index in [1.807, 2.05) is 0 Å². The van der Waals surface area contributed by atoms with Gasteiger partial charge in [-0.1, -0.05) is 0 Å². The summed E-state index contributed by atoms with van der Waals surface area (Å²) in [5.41, 5.74) is 0.383. The van der Waals surface area contributed by atoms with Crippen molar-refractivity contribution in [2.24, 2.45) is 0 Å². The predicted molar refractivity (Wildman–Crippen MR) is 70.1 cm³/mol. The average molecular weight is 305 g/mol. The molecule has 0 radical (unpaired) electrons. The van der Waals surface area contributed by atoms with Crippen LogP contribution < -0.4 is 5.32 Å². The van der Waals surface area contributed by atoms with Gasteiger partial charge in [-0.15, -0.1) is 11.3 Å². The van der Waals surface area contributed by atoms with Crippen LogP contribution >= 0.6 is 11.3 Å². The van der Waals surface area contributed by atoms with Crippen LogP contribution in [0.3, 0.4) is 0 Å². The molecule has 8 heteroatoms. The standard InChI is InChI=1S/C12H13F2NO4S/c13-10(14)6-19-4-3-15-12(18)8-5-9(20-7-8)1-2-11(16)17/h1-2,5,7,10H,3-4,6H2,(H,15,18)(H,16,17)/b2-1+. The second-order valence-corrected chi connectivity index (χ2v) is 4.57. The number of halogens is 2. The van der Waals surface area contributed by atoms with Gasteiger partial charge in [-0.25, -0.2) is 13.6 Å². The SMILES string of the molecule is O=C(O)/C=C/c1cc(C(=O)NCCOCC(F)F)cs1. The second kappa shape index (κ2) is 8.39. The van der Waals surface area contributed by atoms with Gasteiger partial charge in [0.15, 0.2) is 0 Å². The molecule has 5 nitrogen and oxygen atoms in total. The lowest BCUT2D eigenvalue weighted by molar-refractivity contribution is -0.131. The number of amides is 1. The number of hydrogen-bond donors (Lipinski definition) is 2. The molecule has 0 aliphatic rings. The number of carboxylic acids is 1. The summed E-state index contributed by atoms with van der Waals surface area (Å²) in [6, 6.07) is 1.54. The van der Waals surface area contributed by atoms with Crippen LogP contribution in [0.1, 0.15) is 15.2 Å². The third kappa shape index (κ3) is 6.39. The van der Waals surface area contributed by atoms with E-state index in [-0.39, 0.29) is 19.1 Å². The Morgan fingerprint density at radius 3 is 2.90 bits per heavy atom. The van der Waals surface area contributed by atoms with Crippen LogP contribution in [0.5, 0.6) is 0 Å². The van der Waals surface area contributed by atoms with Crippen molar-refractivity contribution in [3.8, 4) is 0 Å². The molecule has 0 spiro atoms. The molecule has 1 heterocycles. The molecule has 1 aromatic heterocycles. The summed E-state index contributed by atoms with van der Waals surface area (Å²) in [5, 5.41) is 12.6. The quantitative estimate of drug-likeness (QED) is 0.568. The lowest BCUT2D eigenvalue weighted by atomic mass is 10.3. The van der Waals surface area contributed by atoms with Gasteiger partial charge in [0.2, 0.25) is 0 Å². The minimum absolute atomic E-state index is 0.00594. The van der Waals surface area contributed by atoms with Gasteiger partial charge < -0.3 is 15.2 Å². The molecular formula is C12H13F2NO4S. The molecule has 0 bridgehead atoms. The maximum Gasteiger partial charge on any atom is 0.328 e. The lowest BCUT2D eigenvalue weighted by Crippen LogP contribution is -2.27. The van der Waals surface area contributed by atoms with Crippen LogP contribution in [0.4, 0.5) is 8.78 Å². The Hall–Kier alpha value is -1.80. The minimum Gasteiger partial charge on any atom is -0.478 e. The summed E-state index contributed by atoms with van der Waals surface area (Å²) in [5.74, 6) is -1.43. The maximum absolute atomic E-state index is 11.8. The Kier molecular flexibility index (Phi) is 6.82. The van der Waals surface area contributed by atoms with Crippen molar-refractivity contribution in [3.05, 3.63) is 28.0 Å². The van der Waals surface area contributed by atoms with Crippen molar-refractivity contribution in [1.82, 2.24) is 5.32 Å². The number of carbonyl (C=O) groups is 2. The first-order chi connectivity index (χ1) is 9.49. The summed E-state index contributed by atoms with van der Waals surface area (Å²) in [4.78, 5) is 22.6. The number of thiophene rings is 1. The van der Waals surface area contributed by atoms with Gasteiger partial charge in [-0.2, -0.15) is 0 Å². The molecule has 0 saturated carbocycles. The summed E-state index contributed by atoms with van der Waals surface area (Å²) in [7, 11) is 0. The van der Waals surface area contributed by atoms with Gasteiger partial charge in [-0.05, 0) is 12.1 Å². The number of hydrogen-bond acceptors (Lipinski definition) is 4. The molecule has 1 amide bonds. The summed E-state index contributed by atoms with van der Waals surface area (Å²) < 4.78 is 28.1. The molecule has 20 heavy (non-hydrogen) atoms. The van der Waals surface area contributed by atoms with E-state index < -0.39 is 19.0 Å². The summed E-state index contributed by atoms with van der Waals surface area (Å²) in [6.07, 6.45) is -0.160. The monoisotopic (exact) mass is 305 g/mol. The zero-order chi connectivity index (χ0) is 15.0. The molecule has 110 valence electrons. The fourth-order valence-corrected chi connectivity index (χ4v) is 2.00. The normalized spacial score (nSPS) is 11.2. The number of nitrogens with one attached hydrogen (secondary N) is 1. The highest BCUT2D eigenvalue weighted by atomic mass is 32.1. The van der Waals surface area contributed by atoms with E-state index >= 15 is 0 Å². The van der Waals surface area contributed by atoms with E-state index in [1.165, 1.54) is 17.4 Å². The molecule has 0 saturated heterocycles. The zero-order valence-corrected chi connectivity index (χ0v) is 11.2. The highest BCUT2D eigenvalue weighted by Crippen LogP contribution is 2.16. The second-order valence-electron chi connectivity index (χ2n) is 3.63. The third-order valence-electron chi connectivity index (χ3n) is 2.05. The zero-order valence-electron chi connectivity index (χ0n) is 10.3. The molecule has 0 aliphatic heterocycles.